The number of unbranched alkanes of at least 4 members (excludes halogenated alkanes) is 37. The summed E-state index contributed by atoms with van der Waals surface area (Å²) in [5.74, 6) is -0.187. The molecule has 0 aromatic carbocycles. The van der Waals surface area contributed by atoms with Gasteiger partial charge in [0.05, 0.1) is 39.9 Å². The van der Waals surface area contributed by atoms with Gasteiger partial charge in [0.1, 0.15) is 13.2 Å². The topological polar surface area (TPSA) is 105 Å². The lowest BCUT2D eigenvalue weighted by Crippen LogP contribution is -2.45. The maximum atomic E-state index is 12.9. The highest BCUT2D eigenvalue weighted by Gasteiger charge is 2.27. The SMILES string of the molecule is CCCCC/C=C/CC/C=C/CC/C=C/C(O)C(COP(=O)(O)OCC[N+](C)(C)C)NC(=O)CCCCCCCCCCCCCCCCCCCCCCCCCCCCCCCCCCC. The third-order valence-corrected chi connectivity index (χ3v) is 14.3. The first-order chi connectivity index (χ1) is 33.0. The summed E-state index contributed by atoms with van der Waals surface area (Å²) in [6.45, 7) is 4.78. The monoisotopic (exact) mass is 980 g/mol. The summed E-state index contributed by atoms with van der Waals surface area (Å²) in [7, 11) is 1.55. The van der Waals surface area contributed by atoms with Gasteiger partial charge in [-0.05, 0) is 44.9 Å². The minimum atomic E-state index is -4.35. The molecule has 0 rings (SSSR count). The summed E-state index contributed by atoms with van der Waals surface area (Å²) in [4.78, 5) is 23.2. The zero-order valence-electron chi connectivity index (χ0n) is 45.9. The van der Waals surface area contributed by atoms with Gasteiger partial charge in [-0.3, -0.25) is 13.8 Å². The number of hydrogen-bond acceptors (Lipinski definition) is 5. The van der Waals surface area contributed by atoms with E-state index in [2.05, 4.69) is 43.5 Å². The molecule has 1 amide bonds. The first-order valence-electron chi connectivity index (χ1n) is 29.4. The summed E-state index contributed by atoms with van der Waals surface area (Å²) in [5, 5.41) is 13.9. The molecule has 68 heavy (non-hydrogen) atoms. The second-order valence-corrected chi connectivity index (χ2v) is 22.8. The number of phosphoric acid groups is 1. The maximum Gasteiger partial charge on any atom is 0.472 e. The molecule has 0 aliphatic heterocycles. The van der Waals surface area contributed by atoms with Crippen molar-refractivity contribution in [3.05, 3.63) is 36.5 Å². The second-order valence-electron chi connectivity index (χ2n) is 21.4. The third kappa shape index (κ3) is 52.5. The van der Waals surface area contributed by atoms with Gasteiger partial charge in [-0.2, -0.15) is 0 Å². The molecule has 402 valence electrons. The van der Waals surface area contributed by atoms with Crippen LogP contribution < -0.4 is 5.32 Å². The molecule has 0 bridgehead atoms. The van der Waals surface area contributed by atoms with Crippen LogP contribution in [0, 0.1) is 0 Å². The molecule has 0 fully saturated rings. The average Bonchev–Trinajstić information content (AvgIpc) is 3.30. The maximum absolute atomic E-state index is 12.9. The number of quaternary nitrogens is 1. The molecule has 0 aromatic heterocycles. The number of nitrogens with zero attached hydrogens (tertiary/aromatic N) is 1. The molecule has 0 aromatic rings. The molecular weight excluding hydrogens is 864 g/mol. The molecule has 0 aliphatic carbocycles. The molecule has 0 saturated heterocycles. The lowest BCUT2D eigenvalue weighted by Gasteiger charge is -2.25. The van der Waals surface area contributed by atoms with E-state index in [-0.39, 0.29) is 19.1 Å². The van der Waals surface area contributed by atoms with Gasteiger partial charge in [-0.15, -0.1) is 0 Å². The van der Waals surface area contributed by atoms with Crippen molar-refractivity contribution < 1.29 is 32.9 Å². The fraction of sp³-hybridized carbons (Fsp3) is 0.881. The minimum absolute atomic E-state index is 0.0548. The van der Waals surface area contributed by atoms with Crippen LogP contribution in [0.5, 0.6) is 0 Å². The van der Waals surface area contributed by atoms with Crippen molar-refractivity contribution in [1.29, 1.82) is 0 Å². The Kier molecular flexibility index (Phi) is 49.7. The predicted octanol–water partition coefficient (Wildman–Crippen LogP) is 17.8. The Morgan fingerprint density at radius 1 is 0.485 bits per heavy atom. The van der Waals surface area contributed by atoms with Crippen molar-refractivity contribution in [2.75, 3.05) is 40.9 Å². The number of hydrogen-bond donors (Lipinski definition) is 3. The number of carbonyl (C=O) groups excluding carboxylic acids is 1. The van der Waals surface area contributed by atoms with Crippen LogP contribution in [0.15, 0.2) is 36.5 Å². The number of amides is 1. The van der Waals surface area contributed by atoms with Crippen LogP contribution in [0.4, 0.5) is 0 Å². The normalized spacial score (nSPS) is 14.2. The predicted molar refractivity (Wildman–Crippen MR) is 295 cm³/mol. The van der Waals surface area contributed by atoms with Crippen molar-refractivity contribution in [2.24, 2.45) is 0 Å². The Balaban J connectivity index is 3.98. The first-order valence-corrected chi connectivity index (χ1v) is 30.9. The summed E-state index contributed by atoms with van der Waals surface area (Å²) in [6, 6.07) is -0.867. The van der Waals surface area contributed by atoms with Gasteiger partial charge >= 0.3 is 7.82 Å². The number of allylic oxidation sites excluding steroid dienone is 5. The molecule has 3 atom stereocenters. The molecule has 0 heterocycles. The number of rotatable bonds is 54. The van der Waals surface area contributed by atoms with E-state index in [1.807, 2.05) is 27.2 Å². The van der Waals surface area contributed by atoms with Gasteiger partial charge in [-0.25, -0.2) is 4.57 Å². The van der Waals surface area contributed by atoms with E-state index in [0.717, 1.165) is 51.4 Å². The fourth-order valence-corrected chi connectivity index (χ4v) is 9.46. The van der Waals surface area contributed by atoms with Crippen molar-refractivity contribution in [3.8, 4) is 0 Å². The highest BCUT2D eigenvalue weighted by molar-refractivity contribution is 7.47. The van der Waals surface area contributed by atoms with Crippen molar-refractivity contribution in [3.63, 3.8) is 0 Å². The molecule has 8 nitrogen and oxygen atoms in total. The third-order valence-electron chi connectivity index (χ3n) is 13.3. The van der Waals surface area contributed by atoms with Gasteiger partial charge in [0.2, 0.25) is 5.91 Å². The van der Waals surface area contributed by atoms with Crippen LogP contribution in [0.25, 0.3) is 0 Å². The number of aliphatic hydroxyl groups excluding tert-OH is 1. The Morgan fingerprint density at radius 2 is 0.809 bits per heavy atom. The van der Waals surface area contributed by atoms with E-state index in [1.165, 1.54) is 212 Å². The Hall–Kier alpha value is -1.28. The van der Waals surface area contributed by atoms with Gasteiger partial charge in [0, 0.05) is 6.42 Å². The minimum Gasteiger partial charge on any atom is -0.387 e. The van der Waals surface area contributed by atoms with Crippen LogP contribution in [0.1, 0.15) is 284 Å². The van der Waals surface area contributed by atoms with Gasteiger partial charge in [-0.1, -0.05) is 269 Å². The molecular formula is C59H116N2O6P+. The molecule has 0 radical (unpaired) electrons. The molecule has 0 saturated carbocycles. The van der Waals surface area contributed by atoms with E-state index >= 15 is 0 Å². The molecule has 0 aliphatic rings. The number of aliphatic hydroxyl groups is 1. The standard InChI is InChI=1S/C59H115N2O6P/c1-6-8-10-12-14-16-18-20-21-22-23-24-25-26-27-28-29-30-31-32-33-34-35-36-37-38-39-41-43-45-47-49-51-53-59(63)60-57(56-67-68(64,65)66-55-54-61(3,4)5)58(62)52-50-48-46-44-42-40-19-17-15-13-11-9-7-2/h15,17,42,44,50,52,57-58,62H,6-14,16,18-41,43,45-49,51,53-56H2,1-5H3,(H-,60,63,64,65)/p+1/b17-15+,44-42+,52-50+. The van der Waals surface area contributed by atoms with Crippen LogP contribution in [-0.4, -0.2) is 73.4 Å². The largest absolute Gasteiger partial charge is 0.472 e. The highest BCUT2D eigenvalue weighted by atomic mass is 31.2. The number of carbonyl (C=O) groups is 1. The van der Waals surface area contributed by atoms with Crippen molar-refractivity contribution in [1.82, 2.24) is 5.32 Å². The van der Waals surface area contributed by atoms with Crippen LogP contribution in [0.2, 0.25) is 0 Å². The fourth-order valence-electron chi connectivity index (χ4n) is 8.72. The first kappa shape index (κ1) is 66.7. The van der Waals surface area contributed by atoms with E-state index in [0.29, 0.717) is 17.4 Å². The molecule has 3 N–H and O–H groups in total. The zero-order valence-corrected chi connectivity index (χ0v) is 46.8. The van der Waals surface area contributed by atoms with E-state index in [4.69, 9.17) is 9.05 Å². The lowest BCUT2D eigenvalue weighted by molar-refractivity contribution is -0.870. The van der Waals surface area contributed by atoms with Gasteiger partial charge in [0.25, 0.3) is 0 Å². The number of likely N-dealkylation sites (N-methyl/N-ethyl adjacent to an activating group) is 1. The summed E-state index contributed by atoms with van der Waals surface area (Å²) < 4.78 is 23.6. The molecule has 3 unspecified atom stereocenters. The van der Waals surface area contributed by atoms with Gasteiger partial charge < -0.3 is 19.8 Å². The van der Waals surface area contributed by atoms with Crippen LogP contribution in [0.3, 0.4) is 0 Å². The second kappa shape index (κ2) is 50.7. The Bertz CT molecular complexity index is 1200. The number of nitrogens with one attached hydrogen (secondary N) is 1. The molecule has 0 spiro atoms. The Morgan fingerprint density at radius 3 is 1.18 bits per heavy atom. The lowest BCUT2D eigenvalue weighted by atomic mass is 10.0. The summed E-state index contributed by atoms with van der Waals surface area (Å²) >= 11 is 0. The molecule has 9 heteroatoms. The van der Waals surface area contributed by atoms with Crippen molar-refractivity contribution >= 4 is 13.7 Å². The quantitative estimate of drug-likeness (QED) is 0.0243. The summed E-state index contributed by atoms with van der Waals surface area (Å²) in [6.07, 6.45) is 65.7. The average molecular weight is 981 g/mol. The van der Waals surface area contributed by atoms with E-state index in [9.17, 15) is 19.4 Å². The van der Waals surface area contributed by atoms with Gasteiger partial charge in [0.15, 0.2) is 0 Å². The smallest absolute Gasteiger partial charge is 0.387 e. The van der Waals surface area contributed by atoms with Crippen LogP contribution >= 0.6 is 7.82 Å². The summed E-state index contributed by atoms with van der Waals surface area (Å²) in [5.41, 5.74) is 0. The zero-order chi connectivity index (χ0) is 49.9. The van der Waals surface area contributed by atoms with Crippen molar-refractivity contribution in [2.45, 2.75) is 296 Å². The highest BCUT2D eigenvalue weighted by Crippen LogP contribution is 2.43. The van der Waals surface area contributed by atoms with E-state index < -0.39 is 20.0 Å². The van der Waals surface area contributed by atoms with E-state index in [1.54, 1.807) is 6.08 Å². The van der Waals surface area contributed by atoms with Crippen LogP contribution in [-0.2, 0) is 18.4 Å². The number of phosphoric ester groups is 1. The Labute approximate surface area is 423 Å².